The van der Waals surface area contributed by atoms with Gasteiger partial charge in [0.15, 0.2) is 0 Å². The van der Waals surface area contributed by atoms with E-state index in [4.69, 9.17) is 10.8 Å². The first kappa shape index (κ1) is 7.97. The lowest BCUT2D eigenvalue weighted by Crippen LogP contribution is -2.07. The Hall–Kier alpha value is -1.65. The van der Waals surface area contributed by atoms with Gasteiger partial charge in [-0.1, -0.05) is 0 Å². The van der Waals surface area contributed by atoms with E-state index in [-0.39, 0.29) is 11.4 Å². The summed E-state index contributed by atoms with van der Waals surface area (Å²) in [5.74, 6) is 0.0388. The topological polar surface area (TPSA) is 89.1 Å². The molecular formula is C8H9N3O2. The molecule has 0 atom stereocenters. The summed E-state index contributed by atoms with van der Waals surface area (Å²) < 4.78 is 0. The lowest BCUT2D eigenvalue weighted by Gasteiger charge is -2.01. The molecule has 0 amide bonds. The average Bonchev–Trinajstić information content (AvgIpc) is 2.85. The molecule has 0 aliphatic heterocycles. The first-order valence-corrected chi connectivity index (χ1v) is 4.04. The van der Waals surface area contributed by atoms with Gasteiger partial charge in [0, 0.05) is 12.1 Å². The summed E-state index contributed by atoms with van der Waals surface area (Å²) in [4.78, 5) is 18.5. The third-order valence-corrected chi connectivity index (χ3v) is 2.01. The number of aromatic carboxylic acids is 1. The molecule has 0 radical (unpaired) electrons. The van der Waals surface area contributed by atoms with E-state index in [0.29, 0.717) is 11.7 Å². The fourth-order valence-electron chi connectivity index (χ4n) is 1.11. The largest absolute Gasteiger partial charge is 0.477 e. The first-order valence-electron chi connectivity index (χ1n) is 4.04. The molecule has 1 aromatic rings. The number of hydrogen-bond acceptors (Lipinski definition) is 4. The van der Waals surface area contributed by atoms with Gasteiger partial charge < -0.3 is 10.8 Å². The van der Waals surface area contributed by atoms with E-state index in [2.05, 4.69) is 9.97 Å². The van der Waals surface area contributed by atoms with Crippen LogP contribution in [0.1, 0.15) is 34.9 Å². The molecule has 1 aliphatic carbocycles. The summed E-state index contributed by atoms with van der Waals surface area (Å²) in [5.41, 5.74) is 5.43. The van der Waals surface area contributed by atoms with Gasteiger partial charge in [0.1, 0.15) is 17.2 Å². The SMILES string of the molecule is Nc1nc(C2CC2)ncc1C(=O)O. The number of hydrogen-bond donors (Lipinski definition) is 2. The van der Waals surface area contributed by atoms with Gasteiger partial charge in [-0.2, -0.15) is 0 Å². The predicted molar refractivity (Wildman–Crippen MR) is 45.4 cm³/mol. The lowest BCUT2D eigenvalue weighted by atomic mass is 10.3. The molecule has 1 fully saturated rings. The third kappa shape index (κ3) is 1.44. The van der Waals surface area contributed by atoms with Crippen LogP contribution < -0.4 is 5.73 Å². The molecule has 13 heavy (non-hydrogen) atoms. The monoisotopic (exact) mass is 179 g/mol. The number of aromatic nitrogens is 2. The van der Waals surface area contributed by atoms with Crippen LogP contribution in [0.25, 0.3) is 0 Å². The van der Waals surface area contributed by atoms with Crippen LogP contribution in [0.3, 0.4) is 0 Å². The van der Waals surface area contributed by atoms with Crippen molar-refractivity contribution in [3.8, 4) is 0 Å². The minimum absolute atomic E-state index is 0.0237. The number of carboxylic acid groups (broad SMARTS) is 1. The van der Waals surface area contributed by atoms with E-state index in [1.807, 2.05) is 0 Å². The Balaban J connectivity index is 2.36. The highest BCUT2D eigenvalue weighted by Gasteiger charge is 2.27. The quantitative estimate of drug-likeness (QED) is 0.695. The van der Waals surface area contributed by atoms with Crippen molar-refractivity contribution in [3.63, 3.8) is 0 Å². The summed E-state index contributed by atoms with van der Waals surface area (Å²) >= 11 is 0. The fraction of sp³-hybridized carbons (Fsp3) is 0.375. The van der Waals surface area contributed by atoms with Gasteiger partial charge in [-0.05, 0) is 12.8 Å². The van der Waals surface area contributed by atoms with Crippen LogP contribution in [0, 0.1) is 0 Å². The molecular weight excluding hydrogens is 170 g/mol. The van der Waals surface area contributed by atoms with Crippen molar-refractivity contribution in [2.24, 2.45) is 0 Å². The maximum atomic E-state index is 10.6. The molecule has 1 saturated carbocycles. The molecule has 5 heteroatoms. The van der Waals surface area contributed by atoms with Crippen LogP contribution >= 0.6 is 0 Å². The standard InChI is InChI=1S/C8H9N3O2/c9-6-5(8(12)13)3-10-7(11-6)4-1-2-4/h3-4H,1-2H2,(H,12,13)(H2,9,10,11). The highest BCUT2D eigenvalue weighted by Crippen LogP contribution is 2.38. The van der Waals surface area contributed by atoms with Gasteiger partial charge in [-0.3, -0.25) is 0 Å². The summed E-state index contributed by atoms with van der Waals surface area (Å²) in [6, 6.07) is 0. The smallest absolute Gasteiger partial charge is 0.341 e. The first-order chi connectivity index (χ1) is 6.18. The molecule has 0 bridgehead atoms. The highest BCUT2D eigenvalue weighted by atomic mass is 16.4. The molecule has 0 spiro atoms. The number of nitrogens with zero attached hydrogens (tertiary/aromatic N) is 2. The Bertz CT molecular complexity index is 360. The van der Waals surface area contributed by atoms with Gasteiger partial charge in [0.2, 0.25) is 0 Å². The van der Waals surface area contributed by atoms with Crippen LogP contribution in [0.15, 0.2) is 6.20 Å². The van der Waals surface area contributed by atoms with Crippen LogP contribution in [-0.4, -0.2) is 21.0 Å². The van der Waals surface area contributed by atoms with Crippen molar-refractivity contribution >= 4 is 11.8 Å². The molecule has 1 aromatic heterocycles. The van der Waals surface area contributed by atoms with Crippen molar-refractivity contribution in [1.29, 1.82) is 0 Å². The molecule has 68 valence electrons. The van der Waals surface area contributed by atoms with Crippen LogP contribution in [0.2, 0.25) is 0 Å². The second kappa shape index (κ2) is 2.69. The van der Waals surface area contributed by atoms with Gasteiger partial charge >= 0.3 is 5.97 Å². The predicted octanol–water partition coefficient (Wildman–Crippen LogP) is 0.634. The molecule has 3 N–H and O–H groups in total. The molecule has 0 aromatic carbocycles. The average molecular weight is 179 g/mol. The van der Waals surface area contributed by atoms with Crippen LogP contribution in [0.5, 0.6) is 0 Å². The summed E-state index contributed by atoms with van der Waals surface area (Å²) in [7, 11) is 0. The van der Waals surface area contributed by atoms with Crippen LogP contribution in [0.4, 0.5) is 5.82 Å². The van der Waals surface area contributed by atoms with E-state index < -0.39 is 5.97 Å². The van der Waals surface area contributed by atoms with Crippen molar-refractivity contribution in [2.45, 2.75) is 18.8 Å². The Morgan fingerprint density at radius 1 is 1.62 bits per heavy atom. The van der Waals surface area contributed by atoms with Gasteiger partial charge in [0.05, 0.1) is 0 Å². The maximum absolute atomic E-state index is 10.6. The summed E-state index contributed by atoms with van der Waals surface area (Å²) in [6.45, 7) is 0. The summed E-state index contributed by atoms with van der Waals surface area (Å²) in [5, 5.41) is 8.65. The van der Waals surface area contributed by atoms with E-state index in [0.717, 1.165) is 12.8 Å². The fourth-order valence-corrected chi connectivity index (χ4v) is 1.11. The van der Waals surface area contributed by atoms with Crippen molar-refractivity contribution in [1.82, 2.24) is 9.97 Å². The van der Waals surface area contributed by atoms with E-state index in [1.54, 1.807) is 0 Å². The van der Waals surface area contributed by atoms with Crippen molar-refractivity contribution in [2.75, 3.05) is 5.73 Å². The molecule has 1 aliphatic rings. The third-order valence-electron chi connectivity index (χ3n) is 2.01. The summed E-state index contributed by atoms with van der Waals surface area (Å²) in [6.07, 6.45) is 3.43. The molecule has 2 rings (SSSR count). The molecule has 0 saturated heterocycles. The lowest BCUT2D eigenvalue weighted by molar-refractivity contribution is 0.0697. The highest BCUT2D eigenvalue weighted by molar-refractivity contribution is 5.92. The zero-order valence-electron chi connectivity index (χ0n) is 6.90. The Morgan fingerprint density at radius 2 is 2.31 bits per heavy atom. The zero-order valence-corrected chi connectivity index (χ0v) is 6.90. The number of nitrogens with two attached hydrogens (primary N) is 1. The number of anilines is 1. The normalized spacial score (nSPS) is 15.7. The van der Waals surface area contributed by atoms with Crippen molar-refractivity contribution < 1.29 is 9.90 Å². The molecule has 0 unspecified atom stereocenters. The number of nitrogen functional groups attached to an aromatic ring is 1. The minimum Gasteiger partial charge on any atom is -0.477 e. The molecule has 1 heterocycles. The Kier molecular flexibility index (Phi) is 1.65. The maximum Gasteiger partial charge on any atom is 0.341 e. The van der Waals surface area contributed by atoms with Crippen LogP contribution in [-0.2, 0) is 0 Å². The minimum atomic E-state index is -1.08. The van der Waals surface area contributed by atoms with E-state index >= 15 is 0 Å². The zero-order chi connectivity index (χ0) is 9.42. The Labute approximate surface area is 74.6 Å². The number of rotatable bonds is 2. The number of carboxylic acids is 1. The number of carbonyl (C=O) groups is 1. The van der Waals surface area contributed by atoms with Gasteiger partial charge in [-0.25, -0.2) is 14.8 Å². The van der Waals surface area contributed by atoms with Crippen molar-refractivity contribution in [3.05, 3.63) is 17.6 Å². The van der Waals surface area contributed by atoms with E-state index in [1.165, 1.54) is 6.20 Å². The Morgan fingerprint density at radius 3 is 2.77 bits per heavy atom. The van der Waals surface area contributed by atoms with E-state index in [9.17, 15) is 4.79 Å². The second-order valence-corrected chi connectivity index (χ2v) is 3.11. The van der Waals surface area contributed by atoms with Gasteiger partial charge in [-0.15, -0.1) is 0 Å². The second-order valence-electron chi connectivity index (χ2n) is 3.11. The molecule has 5 nitrogen and oxygen atoms in total. The van der Waals surface area contributed by atoms with Gasteiger partial charge in [0.25, 0.3) is 0 Å².